The van der Waals surface area contributed by atoms with Crippen LogP contribution in [0.3, 0.4) is 0 Å². The Morgan fingerprint density at radius 1 is 1.41 bits per heavy atom. The summed E-state index contributed by atoms with van der Waals surface area (Å²) in [5, 5.41) is 27.2. The molecular formula is C14H23N5O2S. The van der Waals surface area contributed by atoms with E-state index in [1.54, 1.807) is 11.8 Å². The van der Waals surface area contributed by atoms with Crippen molar-refractivity contribution in [2.24, 2.45) is 16.7 Å². The zero-order chi connectivity index (χ0) is 15.8. The van der Waals surface area contributed by atoms with E-state index in [9.17, 15) is 9.90 Å². The number of aromatic nitrogens is 4. The summed E-state index contributed by atoms with van der Waals surface area (Å²) in [5.74, 6) is 0.816. The summed E-state index contributed by atoms with van der Waals surface area (Å²) < 4.78 is 0. The van der Waals surface area contributed by atoms with Crippen LogP contribution in [0, 0.1) is 16.7 Å². The summed E-state index contributed by atoms with van der Waals surface area (Å²) in [5.41, 5.74) is 0.258. The Kier molecular flexibility index (Phi) is 4.15. The first-order chi connectivity index (χ1) is 10.4. The van der Waals surface area contributed by atoms with Gasteiger partial charge in [0.25, 0.3) is 0 Å². The lowest BCUT2D eigenvalue weighted by Crippen LogP contribution is -2.59. The van der Waals surface area contributed by atoms with Crippen molar-refractivity contribution < 1.29 is 9.90 Å². The van der Waals surface area contributed by atoms with Gasteiger partial charge in [-0.15, -0.1) is 10.2 Å². The first-order valence-corrected chi connectivity index (χ1v) is 8.73. The Hall–Kier alpha value is -1.15. The molecule has 22 heavy (non-hydrogen) atoms. The van der Waals surface area contributed by atoms with Gasteiger partial charge < -0.3 is 10.4 Å². The number of fused-ring (bicyclic) bond motifs is 1. The van der Waals surface area contributed by atoms with E-state index in [0.717, 1.165) is 25.1 Å². The van der Waals surface area contributed by atoms with Crippen LogP contribution >= 0.6 is 11.8 Å². The Balaban J connectivity index is 1.66. The largest absolute Gasteiger partial charge is 0.480 e. The first-order valence-electron chi connectivity index (χ1n) is 7.74. The molecule has 1 unspecified atom stereocenters. The Morgan fingerprint density at radius 3 is 2.91 bits per heavy atom. The number of carboxylic acids is 1. The molecule has 1 aromatic rings. The standard InChI is InChI=1S/C14H23N5O2S/c1-13-4-3-9(7-22-12-16-18-19-17-12)5-14(13,2)6-10(11(20)21)15-8-13/h9-10,15H,3-8H2,1-2H3,(H,20,21)(H,16,17,18,19)/t9-,10?,13-,14+/m0/s1. The van der Waals surface area contributed by atoms with Gasteiger partial charge in [-0.1, -0.05) is 25.6 Å². The van der Waals surface area contributed by atoms with Crippen LogP contribution in [-0.2, 0) is 4.79 Å². The molecule has 3 rings (SSSR count). The molecule has 8 heteroatoms. The minimum atomic E-state index is -0.730. The fourth-order valence-electron chi connectivity index (χ4n) is 4.04. The van der Waals surface area contributed by atoms with Gasteiger partial charge in [-0.25, -0.2) is 0 Å². The summed E-state index contributed by atoms with van der Waals surface area (Å²) in [6, 6.07) is -0.415. The predicted molar refractivity (Wildman–Crippen MR) is 82.5 cm³/mol. The van der Waals surface area contributed by atoms with Crippen molar-refractivity contribution in [2.45, 2.75) is 50.7 Å². The quantitative estimate of drug-likeness (QED) is 0.721. The molecule has 7 nitrogen and oxygen atoms in total. The maximum Gasteiger partial charge on any atom is 0.320 e. The number of aliphatic carboxylic acids is 1. The first kappa shape index (κ1) is 15.7. The molecule has 122 valence electrons. The molecule has 3 N–H and O–H groups in total. The van der Waals surface area contributed by atoms with Crippen LogP contribution < -0.4 is 5.32 Å². The molecule has 0 bridgehead atoms. The number of hydrogen-bond acceptors (Lipinski definition) is 6. The van der Waals surface area contributed by atoms with E-state index < -0.39 is 12.0 Å². The van der Waals surface area contributed by atoms with Gasteiger partial charge in [0.1, 0.15) is 6.04 Å². The Bertz CT molecular complexity index is 539. The number of nitrogens with one attached hydrogen (secondary N) is 2. The number of nitrogens with zero attached hydrogens (tertiary/aromatic N) is 3. The van der Waals surface area contributed by atoms with Gasteiger partial charge in [-0.2, -0.15) is 5.21 Å². The van der Waals surface area contributed by atoms with Gasteiger partial charge in [0, 0.05) is 12.3 Å². The molecule has 1 aliphatic carbocycles. The molecular weight excluding hydrogens is 302 g/mol. The number of thioether (sulfide) groups is 1. The van der Waals surface area contributed by atoms with Gasteiger partial charge in [-0.3, -0.25) is 4.79 Å². The molecule has 1 saturated heterocycles. The summed E-state index contributed by atoms with van der Waals surface area (Å²) >= 11 is 1.63. The van der Waals surface area contributed by atoms with E-state index in [-0.39, 0.29) is 10.8 Å². The minimum absolute atomic E-state index is 0.0715. The van der Waals surface area contributed by atoms with Crippen LogP contribution in [-0.4, -0.2) is 50.0 Å². The van der Waals surface area contributed by atoms with Gasteiger partial charge in [0.05, 0.1) is 0 Å². The average Bonchev–Trinajstić information content (AvgIpc) is 2.98. The number of carbonyl (C=O) groups is 1. The predicted octanol–water partition coefficient (Wildman–Crippen LogP) is 1.55. The third-order valence-corrected chi connectivity index (χ3v) is 6.84. The molecule has 4 atom stereocenters. The van der Waals surface area contributed by atoms with Crippen molar-refractivity contribution in [1.29, 1.82) is 0 Å². The Labute approximate surface area is 134 Å². The average molecular weight is 325 g/mol. The lowest BCUT2D eigenvalue weighted by atomic mass is 9.52. The van der Waals surface area contributed by atoms with E-state index in [1.807, 2.05) is 0 Å². The maximum atomic E-state index is 11.3. The van der Waals surface area contributed by atoms with E-state index in [1.165, 1.54) is 6.42 Å². The normalized spacial score (nSPS) is 38.5. The zero-order valence-corrected chi connectivity index (χ0v) is 13.8. The maximum absolute atomic E-state index is 11.3. The van der Waals surface area contributed by atoms with Crippen molar-refractivity contribution in [2.75, 3.05) is 12.3 Å². The lowest BCUT2D eigenvalue weighted by molar-refractivity contribution is -0.145. The SMILES string of the molecule is C[C@@]12CC[C@H](CSc3nn[nH]n3)C[C@]1(C)CC(C(=O)O)NC2. The van der Waals surface area contributed by atoms with Crippen LogP contribution in [0.2, 0.25) is 0 Å². The van der Waals surface area contributed by atoms with Crippen LogP contribution in [0.25, 0.3) is 0 Å². The van der Waals surface area contributed by atoms with E-state index >= 15 is 0 Å². The van der Waals surface area contributed by atoms with Gasteiger partial charge >= 0.3 is 5.97 Å². The van der Waals surface area contributed by atoms with Gasteiger partial charge in [0.2, 0.25) is 5.16 Å². The number of tetrazole rings is 1. The second-order valence-corrected chi connectivity index (χ2v) is 8.20. The molecule has 2 aliphatic rings. The second kappa shape index (κ2) is 5.81. The zero-order valence-electron chi connectivity index (χ0n) is 13.0. The number of carboxylic acid groups (broad SMARTS) is 1. The monoisotopic (exact) mass is 325 g/mol. The molecule has 1 aromatic heterocycles. The van der Waals surface area contributed by atoms with Crippen molar-refractivity contribution in [1.82, 2.24) is 25.9 Å². The van der Waals surface area contributed by atoms with Crippen LogP contribution in [0.1, 0.15) is 39.5 Å². The summed E-state index contributed by atoms with van der Waals surface area (Å²) in [4.78, 5) is 11.3. The van der Waals surface area contributed by atoms with Crippen molar-refractivity contribution in [3.63, 3.8) is 0 Å². The van der Waals surface area contributed by atoms with E-state index in [0.29, 0.717) is 17.5 Å². The molecule has 2 fully saturated rings. The fraction of sp³-hybridized carbons (Fsp3) is 0.857. The molecule has 1 saturated carbocycles. The van der Waals surface area contributed by atoms with Crippen LogP contribution in [0.5, 0.6) is 0 Å². The lowest BCUT2D eigenvalue weighted by Gasteiger charge is -2.57. The highest BCUT2D eigenvalue weighted by atomic mass is 32.2. The summed E-state index contributed by atoms with van der Waals surface area (Å²) in [6.07, 6.45) is 4.10. The molecule has 0 amide bonds. The fourth-order valence-corrected chi connectivity index (χ4v) is 4.91. The highest BCUT2D eigenvalue weighted by Crippen LogP contribution is 2.56. The van der Waals surface area contributed by atoms with Crippen molar-refractivity contribution in [3.8, 4) is 0 Å². The Morgan fingerprint density at radius 2 is 2.23 bits per heavy atom. The number of H-pyrrole nitrogens is 1. The summed E-state index contributed by atoms with van der Waals surface area (Å²) in [6.45, 7) is 5.38. The summed E-state index contributed by atoms with van der Waals surface area (Å²) in [7, 11) is 0. The van der Waals surface area contributed by atoms with Crippen molar-refractivity contribution >= 4 is 17.7 Å². The molecule has 1 aliphatic heterocycles. The van der Waals surface area contributed by atoms with Gasteiger partial charge in [-0.05, 0) is 47.6 Å². The number of aromatic amines is 1. The smallest absolute Gasteiger partial charge is 0.320 e. The van der Waals surface area contributed by atoms with Crippen LogP contribution in [0.15, 0.2) is 5.16 Å². The highest BCUT2D eigenvalue weighted by molar-refractivity contribution is 7.99. The number of piperidine rings is 1. The number of hydrogen-bond donors (Lipinski definition) is 3. The minimum Gasteiger partial charge on any atom is -0.480 e. The van der Waals surface area contributed by atoms with E-state index in [2.05, 4.69) is 39.8 Å². The second-order valence-electron chi connectivity index (χ2n) is 7.21. The van der Waals surface area contributed by atoms with E-state index in [4.69, 9.17) is 0 Å². The highest BCUT2D eigenvalue weighted by Gasteiger charge is 2.53. The molecule has 0 spiro atoms. The van der Waals surface area contributed by atoms with Crippen molar-refractivity contribution in [3.05, 3.63) is 0 Å². The third kappa shape index (κ3) is 2.86. The van der Waals surface area contributed by atoms with Crippen LogP contribution in [0.4, 0.5) is 0 Å². The topological polar surface area (TPSA) is 104 Å². The molecule has 0 aromatic carbocycles. The van der Waals surface area contributed by atoms with Gasteiger partial charge in [0.15, 0.2) is 0 Å². The molecule has 2 heterocycles. The third-order valence-electron chi connectivity index (χ3n) is 5.77. The number of rotatable bonds is 4. The molecule has 0 radical (unpaired) electrons.